The van der Waals surface area contributed by atoms with Crippen molar-refractivity contribution in [3.63, 3.8) is 0 Å². The Balaban J connectivity index is 1.86. The number of methoxy groups -OCH3 is 1. The van der Waals surface area contributed by atoms with Crippen LogP contribution >= 0.6 is 0 Å². The number of ether oxygens (including phenoxy) is 1. The van der Waals surface area contributed by atoms with E-state index in [0.29, 0.717) is 5.69 Å². The lowest BCUT2D eigenvalue weighted by Crippen LogP contribution is -2.41. The third-order valence-corrected chi connectivity index (χ3v) is 6.77. The summed E-state index contributed by atoms with van der Waals surface area (Å²) in [6.07, 6.45) is 0. The second-order valence-corrected chi connectivity index (χ2v) is 9.04. The minimum atomic E-state index is -3.93. The topological polar surface area (TPSA) is 75.7 Å². The van der Waals surface area contributed by atoms with E-state index in [2.05, 4.69) is 5.32 Å². The van der Waals surface area contributed by atoms with E-state index >= 15 is 0 Å². The number of sulfonamides is 1. The smallest absolute Gasteiger partial charge is 0.264 e. The predicted octanol–water partition coefficient (Wildman–Crippen LogP) is 4.08. The molecule has 0 spiro atoms. The molecule has 0 radical (unpaired) electrons. The van der Waals surface area contributed by atoms with Gasteiger partial charge >= 0.3 is 0 Å². The summed E-state index contributed by atoms with van der Waals surface area (Å²) >= 11 is 0. The number of anilines is 1. The predicted molar refractivity (Wildman–Crippen MR) is 122 cm³/mol. The number of nitrogens with one attached hydrogen (secondary N) is 1. The van der Waals surface area contributed by atoms with Crippen LogP contribution in [0.3, 0.4) is 0 Å². The molecule has 0 fully saturated rings. The van der Waals surface area contributed by atoms with Gasteiger partial charge in [0.15, 0.2) is 0 Å². The second-order valence-electron chi connectivity index (χ2n) is 7.17. The van der Waals surface area contributed by atoms with Gasteiger partial charge in [-0.25, -0.2) is 8.42 Å². The third-order valence-electron chi connectivity index (χ3n) is 5.00. The van der Waals surface area contributed by atoms with Crippen LogP contribution in [0.2, 0.25) is 0 Å². The maximum atomic E-state index is 13.4. The Bertz CT molecular complexity index is 1130. The molecule has 31 heavy (non-hydrogen) atoms. The highest BCUT2D eigenvalue weighted by Gasteiger charge is 2.28. The lowest BCUT2D eigenvalue weighted by atomic mass is 10.1. The van der Waals surface area contributed by atoms with Gasteiger partial charge in [-0.15, -0.1) is 0 Å². The molecule has 1 N–H and O–H groups in total. The number of hydrogen-bond acceptors (Lipinski definition) is 4. The lowest BCUT2D eigenvalue weighted by molar-refractivity contribution is -0.120. The monoisotopic (exact) mass is 438 g/mol. The summed E-state index contributed by atoms with van der Waals surface area (Å²) in [5.41, 5.74) is 2.12. The van der Waals surface area contributed by atoms with Crippen molar-refractivity contribution >= 4 is 21.6 Å². The van der Waals surface area contributed by atoms with E-state index in [0.717, 1.165) is 21.2 Å². The number of para-hydroxylation sites is 1. The van der Waals surface area contributed by atoms with Crippen LogP contribution in [0.4, 0.5) is 5.69 Å². The van der Waals surface area contributed by atoms with Crippen molar-refractivity contribution in [2.45, 2.75) is 24.8 Å². The van der Waals surface area contributed by atoms with Crippen molar-refractivity contribution < 1.29 is 17.9 Å². The normalized spacial score (nSPS) is 12.1. The minimum absolute atomic E-state index is 0.134. The average Bonchev–Trinajstić information content (AvgIpc) is 2.78. The van der Waals surface area contributed by atoms with Crippen LogP contribution < -0.4 is 14.4 Å². The van der Waals surface area contributed by atoms with Crippen molar-refractivity contribution in [1.29, 1.82) is 0 Å². The molecule has 0 unspecified atom stereocenters. The molecule has 0 bridgehead atoms. The molecule has 0 aliphatic carbocycles. The number of amides is 1. The summed E-state index contributed by atoms with van der Waals surface area (Å²) in [6.45, 7) is 3.34. The Hall–Kier alpha value is -3.32. The van der Waals surface area contributed by atoms with Crippen LogP contribution in [-0.4, -0.2) is 28.0 Å². The van der Waals surface area contributed by atoms with E-state index in [1.54, 1.807) is 37.4 Å². The van der Waals surface area contributed by atoms with E-state index in [-0.39, 0.29) is 17.5 Å². The van der Waals surface area contributed by atoms with Crippen molar-refractivity contribution in [3.05, 3.63) is 90.0 Å². The number of rotatable bonds is 8. The average molecular weight is 439 g/mol. The highest BCUT2D eigenvalue weighted by Crippen LogP contribution is 2.26. The summed E-state index contributed by atoms with van der Waals surface area (Å²) < 4.78 is 33.1. The van der Waals surface area contributed by atoms with Crippen LogP contribution in [0.25, 0.3) is 0 Å². The van der Waals surface area contributed by atoms with Gasteiger partial charge in [0.2, 0.25) is 5.91 Å². The van der Waals surface area contributed by atoms with Gasteiger partial charge in [-0.3, -0.25) is 9.10 Å². The maximum absolute atomic E-state index is 13.4. The molecule has 3 aromatic rings. The first-order chi connectivity index (χ1) is 14.8. The highest BCUT2D eigenvalue weighted by atomic mass is 32.2. The largest absolute Gasteiger partial charge is 0.497 e. The molecule has 1 atom stereocenters. The minimum Gasteiger partial charge on any atom is -0.497 e. The maximum Gasteiger partial charge on any atom is 0.264 e. The van der Waals surface area contributed by atoms with Crippen molar-refractivity contribution in [2.75, 3.05) is 18.0 Å². The number of hydrogen-bond donors (Lipinski definition) is 1. The number of aryl methyl sites for hydroxylation is 1. The third kappa shape index (κ3) is 5.24. The van der Waals surface area contributed by atoms with Gasteiger partial charge in [0.05, 0.1) is 23.7 Å². The fourth-order valence-electron chi connectivity index (χ4n) is 3.26. The Labute approximate surface area is 183 Å². The van der Waals surface area contributed by atoms with Crippen molar-refractivity contribution in [3.8, 4) is 5.75 Å². The zero-order valence-electron chi connectivity index (χ0n) is 17.8. The first-order valence-corrected chi connectivity index (χ1v) is 11.3. The summed E-state index contributed by atoms with van der Waals surface area (Å²) in [7, 11) is -2.33. The summed E-state index contributed by atoms with van der Waals surface area (Å²) in [6, 6.07) is 22.3. The van der Waals surface area contributed by atoms with Crippen LogP contribution in [0.15, 0.2) is 83.8 Å². The zero-order valence-corrected chi connectivity index (χ0v) is 18.6. The van der Waals surface area contributed by atoms with Crippen LogP contribution in [0.5, 0.6) is 5.75 Å². The molecule has 0 saturated heterocycles. The molecule has 0 aliphatic rings. The number of carbonyl (C=O) groups excluding carboxylic acids is 1. The highest BCUT2D eigenvalue weighted by molar-refractivity contribution is 7.92. The molecule has 3 aromatic carbocycles. The molecule has 6 nitrogen and oxygen atoms in total. The molecule has 7 heteroatoms. The van der Waals surface area contributed by atoms with E-state index in [1.165, 1.54) is 12.1 Å². The van der Waals surface area contributed by atoms with Gasteiger partial charge in [-0.1, -0.05) is 48.5 Å². The molecule has 0 aliphatic heterocycles. The number of carbonyl (C=O) groups is 1. The molecule has 3 rings (SSSR count). The fourth-order valence-corrected chi connectivity index (χ4v) is 4.76. The molecule has 0 heterocycles. The summed E-state index contributed by atoms with van der Waals surface area (Å²) in [5, 5.41) is 2.89. The van der Waals surface area contributed by atoms with Gasteiger partial charge < -0.3 is 10.1 Å². The fraction of sp³-hybridized carbons (Fsp3) is 0.208. The van der Waals surface area contributed by atoms with Gasteiger partial charge in [0.25, 0.3) is 10.0 Å². The van der Waals surface area contributed by atoms with Crippen LogP contribution in [0, 0.1) is 6.92 Å². The van der Waals surface area contributed by atoms with E-state index in [1.807, 2.05) is 50.2 Å². The van der Waals surface area contributed by atoms with Crippen molar-refractivity contribution in [1.82, 2.24) is 5.32 Å². The zero-order chi connectivity index (χ0) is 22.4. The molecule has 0 saturated carbocycles. The Morgan fingerprint density at radius 1 is 0.968 bits per heavy atom. The SMILES string of the molecule is COc1ccc([C@H](C)NC(=O)CN(c2ccccc2C)S(=O)(=O)c2ccccc2)cc1. The van der Waals surface area contributed by atoms with Crippen LogP contribution in [-0.2, 0) is 14.8 Å². The Morgan fingerprint density at radius 2 is 1.58 bits per heavy atom. The van der Waals surface area contributed by atoms with Gasteiger partial charge in [-0.05, 0) is 55.3 Å². The van der Waals surface area contributed by atoms with Gasteiger partial charge in [0, 0.05) is 0 Å². The molecular formula is C24H26N2O4S. The molecule has 0 aromatic heterocycles. The summed E-state index contributed by atoms with van der Waals surface area (Å²) in [4.78, 5) is 13.0. The Morgan fingerprint density at radius 3 is 2.19 bits per heavy atom. The van der Waals surface area contributed by atoms with Gasteiger partial charge in [0.1, 0.15) is 12.3 Å². The Kier molecular flexibility index (Phi) is 6.97. The van der Waals surface area contributed by atoms with E-state index < -0.39 is 15.9 Å². The second kappa shape index (κ2) is 9.66. The molecule has 1 amide bonds. The molecular weight excluding hydrogens is 412 g/mol. The standard InChI is InChI=1S/C24H26N2O4S/c1-18-9-7-8-12-23(18)26(31(28,29)22-10-5-4-6-11-22)17-24(27)25-19(2)20-13-15-21(30-3)16-14-20/h4-16,19H,17H2,1-3H3,(H,25,27)/t19-/m0/s1. The van der Waals surface area contributed by atoms with E-state index in [4.69, 9.17) is 4.74 Å². The van der Waals surface area contributed by atoms with Crippen molar-refractivity contribution in [2.24, 2.45) is 0 Å². The first kappa shape index (κ1) is 22.4. The van der Waals surface area contributed by atoms with Gasteiger partial charge in [-0.2, -0.15) is 0 Å². The number of benzene rings is 3. The number of nitrogens with zero attached hydrogens (tertiary/aromatic N) is 1. The van der Waals surface area contributed by atoms with Crippen LogP contribution in [0.1, 0.15) is 24.1 Å². The first-order valence-electron chi connectivity index (χ1n) is 9.89. The lowest BCUT2D eigenvalue weighted by Gasteiger charge is -2.26. The molecule has 162 valence electrons. The quantitative estimate of drug-likeness (QED) is 0.575. The summed E-state index contributed by atoms with van der Waals surface area (Å²) in [5.74, 6) is 0.327. The van der Waals surface area contributed by atoms with E-state index in [9.17, 15) is 13.2 Å².